The van der Waals surface area contributed by atoms with E-state index in [1.165, 1.54) is 35.2 Å². The van der Waals surface area contributed by atoms with Gasteiger partial charge in [0.1, 0.15) is 5.82 Å². The number of hydrogen-bond donors (Lipinski definition) is 1. The number of aromatic nitrogens is 1. The van der Waals surface area contributed by atoms with Crippen LogP contribution in [0.25, 0.3) is 0 Å². The van der Waals surface area contributed by atoms with Crippen molar-refractivity contribution in [3.05, 3.63) is 41.2 Å². The standard InChI is InChI=1S/C13H13FN2OS2/c1-8-7-18-13(15-8)19-9(2)12(17)16-11-5-3-4-10(14)6-11/h3-7,9H,1-2H3,(H,16,17). The number of thiazole rings is 1. The third-order valence-corrected chi connectivity index (χ3v) is 4.53. The molecule has 0 fully saturated rings. The van der Waals surface area contributed by atoms with E-state index in [9.17, 15) is 9.18 Å². The van der Waals surface area contributed by atoms with E-state index in [1.807, 2.05) is 12.3 Å². The molecule has 0 aliphatic carbocycles. The van der Waals surface area contributed by atoms with Gasteiger partial charge in [-0.2, -0.15) is 0 Å². The predicted molar refractivity (Wildman–Crippen MR) is 77.2 cm³/mol. The highest BCUT2D eigenvalue weighted by Crippen LogP contribution is 2.27. The second-order valence-electron chi connectivity index (χ2n) is 4.01. The molecule has 1 unspecified atom stereocenters. The molecular weight excluding hydrogens is 283 g/mol. The van der Waals surface area contributed by atoms with E-state index in [-0.39, 0.29) is 17.0 Å². The first kappa shape index (κ1) is 14.0. The maximum absolute atomic E-state index is 13.0. The van der Waals surface area contributed by atoms with Gasteiger partial charge in [0.25, 0.3) is 0 Å². The number of amides is 1. The van der Waals surface area contributed by atoms with Crippen molar-refractivity contribution in [2.45, 2.75) is 23.4 Å². The highest BCUT2D eigenvalue weighted by atomic mass is 32.2. The summed E-state index contributed by atoms with van der Waals surface area (Å²) in [6.45, 7) is 3.72. The molecule has 1 atom stereocenters. The number of benzene rings is 1. The van der Waals surface area contributed by atoms with Crippen LogP contribution in [0.4, 0.5) is 10.1 Å². The first-order valence-electron chi connectivity index (χ1n) is 5.70. The van der Waals surface area contributed by atoms with Gasteiger partial charge in [0.05, 0.1) is 5.25 Å². The first-order chi connectivity index (χ1) is 9.04. The molecule has 3 nitrogen and oxygen atoms in total. The Hall–Kier alpha value is -1.40. The minimum absolute atomic E-state index is 0.163. The normalized spacial score (nSPS) is 12.2. The maximum Gasteiger partial charge on any atom is 0.237 e. The lowest BCUT2D eigenvalue weighted by Crippen LogP contribution is -2.22. The van der Waals surface area contributed by atoms with Crippen molar-refractivity contribution in [3.8, 4) is 0 Å². The minimum Gasteiger partial charge on any atom is -0.325 e. The van der Waals surface area contributed by atoms with Crippen LogP contribution in [0.5, 0.6) is 0 Å². The third kappa shape index (κ3) is 4.04. The van der Waals surface area contributed by atoms with Crippen LogP contribution >= 0.6 is 23.1 Å². The molecule has 1 aromatic carbocycles. The lowest BCUT2D eigenvalue weighted by molar-refractivity contribution is -0.115. The van der Waals surface area contributed by atoms with Crippen molar-refractivity contribution in [3.63, 3.8) is 0 Å². The van der Waals surface area contributed by atoms with Gasteiger partial charge in [0.15, 0.2) is 4.34 Å². The molecule has 0 aliphatic heterocycles. The van der Waals surface area contributed by atoms with Gasteiger partial charge in [-0.25, -0.2) is 9.37 Å². The molecule has 0 spiro atoms. The van der Waals surface area contributed by atoms with Crippen molar-refractivity contribution in [2.24, 2.45) is 0 Å². The SMILES string of the molecule is Cc1csc(SC(C)C(=O)Nc2cccc(F)c2)n1. The van der Waals surface area contributed by atoms with Gasteiger partial charge in [-0.1, -0.05) is 17.8 Å². The Kier molecular flexibility index (Phi) is 4.55. The van der Waals surface area contributed by atoms with Gasteiger partial charge in [-0.05, 0) is 32.0 Å². The average molecular weight is 296 g/mol. The van der Waals surface area contributed by atoms with Crippen molar-refractivity contribution in [1.29, 1.82) is 0 Å². The van der Waals surface area contributed by atoms with E-state index in [0.29, 0.717) is 5.69 Å². The van der Waals surface area contributed by atoms with Crippen LogP contribution in [-0.2, 0) is 4.79 Å². The fraction of sp³-hybridized carbons (Fsp3) is 0.231. The molecular formula is C13H13FN2OS2. The summed E-state index contributed by atoms with van der Waals surface area (Å²) in [5, 5.41) is 4.35. The zero-order valence-corrected chi connectivity index (χ0v) is 12.1. The summed E-state index contributed by atoms with van der Waals surface area (Å²) in [4.78, 5) is 16.3. The van der Waals surface area contributed by atoms with Crippen LogP contribution in [0.1, 0.15) is 12.6 Å². The number of anilines is 1. The van der Waals surface area contributed by atoms with Gasteiger partial charge in [-0.15, -0.1) is 11.3 Å². The molecule has 0 saturated carbocycles. The Morgan fingerprint density at radius 3 is 2.95 bits per heavy atom. The summed E-state index contributed by atoms with van der Waals surface area (Å²) in [5.74, 6) is -0.530. The van der Waals surface area contributed by atoms with E-state index in [2.05, 4.69) is 10.3 Å². The van der Waals surface area contributed by atoms with Crippen LogP contribution in [0, 0.1) is 12.7 Å². The van der Waals surface area contributed by atoms with Crippen LogP contribution < -0.4 is 5.32 Å². The second kappa shape index (κ2) is 6.16. The number of hydrogen-bond acceptors (Lipinski definition) is 4. The van der Waals surface area contributed by atoms with Gasteiger partial charge >= 0.3 is 0 Å². The largest absolute Gasteiger partial charge is 0.325 e. The van der Waals surface area contributed by atoms with E-state index in [4.69, 9.17) is 0 Å². The maximum atomic E-state index is 13.0. The molecule has 1 aromatic heterocycles. The summed E-state index contributed by atoms with van der Waals surface area (Å²) in [5.41, 5.74) is 1.41. The second-order valence-corrected chi connectivity index (χ2v) is 6.46. The molecule has 0 saturated heterocycles. The van der Waals surface area contributed by atoms with Crippen molar-refractivity contribution >= 4 is 34.7 Å². The van der Waals surface area contributed by atoms with Gasteiger partial charge in [0.2, 0.25) is 5.91 Å². The number of nitrogens with one attached hydrogen (secondary N) is 1. The molecule has 0 aliphatic rings. The fourth-order valence-corrected chi connectivity index (χ4v) is 3.39. The predicted octanol–water partition coefficient (Wildman–Crippen LogP) is 3.71. The molecule has 2 rings (SSSR count). The number of carbonyl (C=O) groups is 1. The first-order valence-corrected chi connectivity index (χ1v) is 7.46. The van der Waals surface area contributed by atoms with Crippen molar-refractivity contribution in [2.75, 3.05) is 5.32 Å². The smallest absolute Gasteiger partial charge is 0.237 e. The van der Waals surface area contributed by atoms with Gasteiger partial charge in [0, 0.05) is 16.8 Å². The highest BCUT2D eigenvalue weighted by Gasteiger charge is 2.16. The molecule has 1 heterocycles. The molecule has 6 heteroatoms. The van der Waals surface area contributed by atoms with E-state index in [1.54, 1.807) is 19.1 Å². The monoisotopic (exact) mass is 296 g/mol. The van der Waals surface area contributed by atoms with Gasteiger partial charge in [-0.3, -0.25) is 4.79 Å². The van der Waals surface area contributed by atoms with E-state index < -0.39 is 0 Å². The lowest BCUT2D eigenvalue weighted by Gasteiger charge is -2.10. The number of rotatable bonds is 4. The number of aryl methyl sites for hydroxylation is 1. The summed E-state index contributed by atoms with van der Waals surface area (Å²) in [6, 6.07) is 5.86. The Labute approximate surface area is 119 Å². The molecule has 19 heavy (non-hydrogen) atoms. The Morgan fingerprint density at radius 1 is 1.53 bits per heavy atom. The average Bonchev–Trinajstić information content (AvgIpc) is 2.74. The Bertz CT molecular complexity index is 586. The van der Waals surface area contributed by atoms with Crippen molar-refractivity contribution < 1.29 is 9.18 Å². The van der Waals surface area contributed by atoms with E-state index >= 15 is 0 Å². The Balaban J connectivity index is 1.96. The summed E-state index contributed by atoms with van der Waals surface area (Å²) in [7, 11) is 0. The minimum atomic E-state index is -0.367. The van der Waals surface area contributed by atoms with Crippen LogP contribution in [0.15, 0.2) is 34.0 Å². The van der Waals surface area contributed by atoms with Crippen molar-refractivity contribution in [1.82, 2.24) is 4.98 Å². The van der Waals surface area contributed by atoms with E-state index in [0.717, 1.165) is 10.0 Å². The molecule has 2 aromatic rings. The van der Waals surface area contributed by atoms with Gasteiger partial charge < -0.3 is 5.32 Å². The lowest BCUT2D eigenvalue weighted by atomic mass is 10.3. The third-order valence-electron chi connectivity index (χ3n) is 2.34. The molecule has 100 valence electrons. The number of carbonyl (C=O) groups excluding carboxylic acids is 1. The van der Waals surface area contributed by atoms with Crippen LogP contribution in [-0.4, -0.2) is 16.1 Å². The quantitative estimate of drug-likeness (QED) is 0.875. The Morgan fingerprint density at radius 2 is 2.32 bits per heavy atom. The zero-order valence-electron chi connectivity index (χ0n) is 10.5. The summed E-state index contributed by atoms with van der Waals surface area (Å²) >= 11 is 2.91. The summed E-state index contributed by atoms with van der Waals surface area (Å²) < 4.78 is 13.9. The number of thioether (sulfide) groups is 1. The number of nitrogens with zero attached hydrogens (tertiary/aromatic N) is 1. The number of halogens is 1. The van der Waals surface area contributed by atoms with Crippen LogP contribution in [0.3, 0.4) is 0 Å². The topological polar surface area (TPSA) is 42.0 Å². The molecule has 0 radical (unpaired) electrons. The zero-order chi connectivity index (χ0) is 13.8. The highest BCUT2D eigenvalue weighted by molar-refractivity contribution is 8.02. The fourth-order valence-electron chi connectivity index (χ4n) is 1.40. The molecule has 0 bridgehead atoms. The molecule has 1 amide bonds. The molecule has 1 N–H and O–H groups in total. The van der Waals surface area contributed by atoms with Crippen LogP contribution in [0.2, 0.25) is 0 Å². The summed E-state index contributed by atoms with van der Waals surface area (Å²) in [6.07, 6.45) is 0.